The minimum atomic E-state index is -0.453. The van der Waals surface area contributed by atoms with Crippen molar-refractivity contribution in [2.24, 2.45) is 0 Å². The molecule has 0 saturated heterocycles. The van der Waals surface area contributed by atoms with E-state index >= 15 is 0 Å². The molecule has 1 rings (SSSR count). The largest absolute Gasteiger partial charge is 0.241 e. The minimum Gasteiger partial charge on any atom is -0.241 e. The van der Waals surface area contributed by atoms with E-state index in [-0.39, 0.29) is 18.1 Å². The standard InChI is InChI=1S/C6H2BrFN2.ClH/c7-5-1-4(8)3-10-6(5)2-9;/h1,3H;1H. The maximum atomic E-state index is 12.3. The quantitative estimate of drug-likeness (QED) is 0.694. The number of aromatic nitrogens is 1. The zero-order chi connectivity index (χ0) is 7.56. The lowest BCUT2D eigenvalue weighted by molar-refractivity contribution is 0.620. The SMILES string of the molecule is Cl.N#Cc1ncc(F)cc1Br. The predicted octanol–water partition coefficient (Wildman–Crippen LogP) is 2.28. The molecular weight excluding hydrogens is 234 g/mol. The molecule has 0 aliphatic carbocycles. The third-order valence-electron chi connectivity index (χ3n) is 0.914. The van der Waals surface area contributed by atoms with Crippen molar-refractivity contribution in [2.75, 3.05) is 0 Å². The Balaban J connectivity index is 0.000001000. The summed E-state index contributed by atoms with van der Waals surface area (Å²) in [4.78, 5) is 3.51. The number of hydrogen-bond acceptors (Lipinski definition) is 2. The fraction of sp³-hybridized carbons (Fsp3) is 0. The lowest BCUT2D eigenvalue weighted by Gasteiger charge is -1.91. The summed E-state index contributed by atoms with van der Waals surface area (Å²) in [5.74, 6) is -0.453. The first kappa shape index (κ1) is 10.3. The maximum absolute atomic E-state index is 12.3. The van der Waals surface area contributed by atoms with Crippen molar-refractivity contribution in [1.29, 1.82) is 5.26 Å². The van der Waals surface area contributed by atoms with Crippen molar-refractivity contribution >= 4 is 28.3 Å². The molecule has 0 aromatic carbocycles. The van der Waals surface area contributed by atoms with Gasteiger partial charge in [0.2, 0.25) is 0 Å². The molecule has 0 atom stereocenters. The van der Waals surface area contributed by atoms with Crippen LogP contribution >= 0.6 is 28.3 Å². The molecule has 1 heterocycles. The second-order valence-corrected chi connectivity index (χ2v) is 2.45. The molecule has 5 heteroatoms. The fourth-order valence-electron chi connectivity index (χ4n) is 0.497. The predicted molar refractivity (Wildman–Crippen MR) is 43.9 cm³/mol. The van der Waals surface area contributed by atoms with E-state index in [9.17, 15) is 4.39 Å². The van der Waals surface area contributed by atoms with E-state index in [1.54, 1.807) is 6.07 Å². The summed E-state index contributed by atoms with van der Waals surface area (Å²) in [6.07, 6.45) is 1.00. The second-order valence-electron chi connectivity index (χ2n) is 1.60. The van der Waals surface area contributed by atoms with E-state index in [4.69, 9.17) is 5.26 Å². The Morgan fingerprint density at radius 3 is 2.73 bits per heavy atom. The molecule has 0 N–H and O–H groups in total. The van der Waals surface area contributed by atoms with Crippen LogP contribution in [0.5, 0.6) is 0 Å². The molecule has 2 nitrogen and oxygen atoms in total. The van der Waals surface area contributed by atoms with Crippen LogP contribution in [0.2, 0.25) is 0 Å². The van der Waals surface area contributed by atoms with Crippen molar-refractivity contribution in [3.05, 3.63) is 28.2 Å². The molecule has 0 fully saturated rings. The van der Waals surface area contributed by atoms with Gasteiger partial charge in [-0.2, -0.15) is 5.26 Å². The Hall–Kier alpha value is -0.660. The topological polar surface area (TPSA) is 36.7 Å². The summed E-state index contributed by atoms with van der Waals surface area (Å²) in [5.41, 5.74) is 0.196. The summed E-state index contributed by atoms with van der Waals surface area (Å²) in [5, 5.41) is 8.34. The number of nitrogens with zero attached hydrogens (tertiary/aromatic N) is 2. The number of rotatable bonds is 0. The lowest BCUT2D eigenvalue weighted by atomic mass is 10.4. The molecule has 0 radical (unpaired) electrons. The highest BCUT2D eigenvalue weighted by Crippen LogP contribution is 2.13. The van der Waals surface area contributed by atoms with E-state index in [1.807, 2.05) is 0 Å². The van der Waals surface area contributed by atoms with Gasteiger partial charge in [0.25, 0.3) is 0 Å². The van der Waals surface area contributed by atoms with Crippen LogP contribution in [-0.4, -0.2) is 4.98 Å². The van der Waals surface area contributed by atoms with Gasteiger partial charge < -0.3 is 0 Å². The van der Waals surface area contributed by atoms with Crippen LogP contribution in [0.4, 0.5) is 4.39 Å². The Labute approximate surface area is 77.6 Å². The van der Waals surface area contributed by atoms with E-state index in [0.29, 0.717) is 4.47 Å². The first-order valence-corrected chi connectivity index (χ1v) is 3.24. The van der Waals surface area contributed by atoms with Crippen LogP contribution in [0.25, 0.3) is 0 Å². The van der Waals surface area contributed by atoms with Crippen LogP contribution in [-0.2, 0) is 0 Å². The Morgan fingerprint density at radius 1 is 1.64 bits per heavy atom. The summed E-state index contributed by atoms with van der Waals surface area (Å²) in [6.45, 7) is 0. The zero-order valence-corrected chi connectivity index (χ0v) is 7.62. The van der Waals surface area contributed by atoms with Gasteiger partial charge in [-0.15, -0.1) is 12.4 Å². The second kappa shape index (κ2) is 4.27. The lowest BCUT2D eigenvalue weighted by Crippen LogP contribution is -1.85. The highest BCUT2D eigenvalue weighted by molar-refractivity contribution is 9.10. The summed E-state index contributed by atoms with van der Waals surface area (Å²) in [7, 11) is 0. The first-order valence-electron chi connectivity index (χ1n) is 2.45. The van der Waals surface area contributed by atoms with Gasteiger partial charge in [-0.1, -0.05) is 0 Å². The van der Waals surface area contributed by atoms with E-state index < -0.39 is 5.82 Å². The van der Waals surface area contributed by atoms with Crippen LogP contribution in [0.15, 0.2) is 16.7 Å². The normalized spacial score (nSPS) is 8.09. The minimum absolute atomic E-state index is 0. The molecule has 0 aliphatic rings. The molecule has 0 unspecified atom stereocenters. The van der Waals surface area contributed by atoms with Crippen LogP contribution < -0.4 is 0 Å². The summed E-state index contributed by atoms with van der Waals surface area (Å²) in [6, 6.07) is 3.00. The number of pyridine rings is 1. The van der Waals surface area contributed by atoms with Gasteiger partial charge >= 0.3 is 0 Å². The van der Waals surface area contributed by atoms with Crippen molar-refractivity contribution in [3.63, 3.8) is 0 Å². The van der Waals surface area contributed by atoms with Gasteiger partial charge in [0, 0.05) is 0 Å². The number of hydrogen-bond donors (Lipinski definition) is 0. The third kappa shape index (κ3) is 2.45. The Bertz CT molecular complexity index is 297. The highest BCUT2D eigenvalue weighted by atomic mass is 79.9. The van der Waals surface area contributed by atoms with Gasteiger partial charge in [-0.25, -0.2) is 9.37 Å². The maximum Gasteiger partial charge on any atom is 0.154 e. The van der Waals surface area contributed by atoms with Gasteiger partial charge in [0.1, 0.15) is 11.9 Å². The third-order valence-corrected chi connectivity index (χ3v) is 1.52. The molecule has 0 saturated carbocycles. The van der Waals surface area contributed by atoms with Crippen LogP contribution in [0.1, 0.15) is 5.69 Å². The molecule has 58 valence electrons. The fourth-order valence-corrected chi connectivity index (χ4v) is 0.907. The molecular formula is C6H3BrClFN2. The van der Waals surface area contributed by atoms with Crippen molar-refractivity contribution < 1.29 is 4.39 Å². The summed E-state index contributed by atoms with van der Waals surface area (Å²) < 4.78 is 12.7. The van der Waals surface area contributed by atoms with E-state index in [2.05, 4.69) is 20.9 Å². The van der Waals surface area contributed by atoms with Crippen LogP contribution in [0, 0.1) is 17.1 Å². The molecule has 11 heavy (non-hydrogen) atoms. The number of nitriles is 1. The van der Waals surface area contributed by atoms with Gasteiger partial charge in [-0.3, -0.25) is 0 Å². The Morgan fingerprint density at radius 2 is 2.27 bits per heavy atom. The zero-order valence-electron chi connectivity index (χ0n) is 5.21. The molecule has 1 aromatic heterocycles. The molecule has 1 aromatic rings. The van der Waals surface area contributed by atoms with Crippen LogP contribution in [0.3, 0.4) is 0 Å². The Kier molecular flexibility index (Phi) is 4.01. The highest BCUT2D eigenvalue weighted by Gasteiger charge is 1.99. The summed E-state index contributed by atoms with van der Waals surface area (Å²) >= 11 is 2.98. The van der Waals surface area contributed by atoms with Crippen molar-refractivity contribution in [2.45, 2.75) is 0 Å². The van der Waals surface area contributed by atoms with E-state index in [1.165, 1.54) is 6.07 Å². The van der Waals surface area contributed by atoms with Gasteiger partial charge in [0.15, 0.2) is 5.69 Å². The smallest absolute Gasteiger partial charge is 0.154 e. The first-order chi connectivity index (χ1) is 4.74. The van der Waals surface area contributed by atoms with Gasteiger partial charge in [-0.05, 0) is 22.0 Å². The molecule has 0 aliphatic heterocycles. The van der Waals surface area contributed by atoms with E-state index in [0.717, 1.165) is 6.20 Å². The molecule has 0 amide bonds. The average Bonchev–Trinajstić information content (AvgIpc) is 1.88. The van der Waals surface area contributed by atoms with Crippen molar-refractivity contribution in [3.8, 4) is 6.07 Å². The monoisotopic (exact) mass is 236 g/mol. The average molecular weight is 237 g/mol. The van der Waals surface area contributed by atoms with Gasteiger partial charge in [0.05, 0.1) is 10.7 Å². The van der Waals surface area contributed by atoms with Crippen molar-refractivity contribution in [1.82, 2.24) is 4.98 Å². The molecule has 0 bridgehead atoms. The number of halogens is 3. The molecule has 0 spiro atoms.